The van der Waals surface area contributed by atoms with Crippen molar-refractivity contribution in [3.8, 4) is 0 Å². The minimum atomic E-state index is -0.0587. The van der Waals surface area contributed by atoms with E-state index in [0.29, 0.717) is 11.8 Å². The van der Waals surface area contributed by atoms with Gasteiger partial charge in [-0.1, -0.05) is 66.5 Å². The van der Waals surface area contributed by atoms with E-state index in [0.717, 1.165) is 0 Å². The Bertz CT molecular complexity index is 1820. The van der Waals surface area contributed by atoms with E-state index in [1.165, 1.54) is 11.1 Å². The van der Waals surface area contributed by atoms with Gasteiger partial charge in [-0.25, -0.2) is 0 Å². The normalized spacial score (nSPS) is 36.3. The lowest BCUT2D eigenvalue weighted by Crippen LogP contribution is -2.52. The zero-order valence-corrected chi connectivity index (χ0v) is 28.7. The zero-order valence-electron chi connectivity index (χ0n) is 28.7. The topological polar surface area (TPSA) is 0 Å². The molecule has 0 saturated heterocycles. The molecule has 41 heavy (non-hydrogen) atoms. The van der Waals surface area contributed by atoms with Gasteiger partial charge in [-0.3, -0.25) is 0 Å². The average Bonchev–Trinajstić information content (AvgIpc) is 3.40. The van der Waals surface area contributed by atoms with Gasteiger partial charge in [0, 0.05) is 17.3 Å². The van der Waals surface area contributed by atoms with Crippen LogP contribution in [0.5, 0.6) is 0 Å². The maximum atomic E-state index is 2.59. The highest BCUT2D eigenvalue weighted by atomic mass is 14.8. The van der Waals surface area contributed by atoms with Gasteiger partial charge in [0.15, 0.2) is 0 Å². The molecule has 0 bridgehead atoms. The van der Waals surface area contributed by atoms with Crippen molar-refractivity contribution < 1.29 is 0 Å². The standard InChI is InChI=1S/C41H50/c1-17-19(3)27-22(6)29-35-31(39(13,14)37(29,9)10)24(8)32-36-30(38(11,12)40(32,15)16)23(7)28-20(4)18(2)26-21(5)25(17)33(27)41(35,36)34(26)28/h33,36H,1-16H3/t33?,36-,41-/m1/s1. The fraction of sp³-hybridized carbons (Fsp3) is 0.561. The van der Waals surface area contributed by atoms with Gasteiger partial charge in [-0.05, 0) is 166 Å². The second-order valence-electron chi connectivity index (χ2n) is 17.1. The van der Waals surface area contributed by atoms with E-state index in [1.807, 2.05) is 0 Å². The van der Waals surface area contributed by atoms with Crippen LogP contribution in [-0.2, 0) is 0 Å². The highest BCUT2D eigenvalue weighted by molar-refractivity contribution is 5.89. The lowest BCUT2D eigenvalue weighted by molar-refractivity contribution is 0.215. The molecule has 0 nitrogen and oxygen atoms in total. The third-order valence-corrected chi connectivity index (χ3v) is 15.4. The summed E-state index contributed by atoms with van der Waals surface area (Å²) in [5.74, 6) is 0.836. The van der Waals surface area contributed by atoms with Gasteiger partial charge in [0.05, 0.1) is 0 Å². The summed E-state index contributed by atoms with van der Waals surface area (Å²) < 4.78 is 0. The van der Waals surface area contributed by atoms with Crippen molar-refractivity contribution in [1.82, 2.24) is 0 Å². The quantitative estimate of drug-likeness (QED) is 0.285. The van der Waals surface area contributed by atoms with E-state index in [1.54, 1.807) is 89.2 Å². The number of hydrogen-bond acceptors (Lipinski definition) is 0. The summed E-state index contributed by atoms with van der Waals surface area (Å²) in [6.45, 7) is 40.4. The summed E-state index contributed by atoms with van der Waals surface area (Å²) in [4.78, 5) is 0. The first-order valence-corrected chi connectivity index (χ1v) is 16.2. The Morgan fingerprint density at radius 2 is 0.805 bits per heavy atom. The van der Waals surface area contributed by atoms with Crippen LogP contribution >= 0.6 is 0 Å². The molecule has 0 aromatic heterocycles. The van der Waals surface area contributed by atoms with Crippen molar-refractivity contribution in [2.24, 2.45) is 38.9 Å². The summed E-state index contributed by atoms with van der Waals surface area (Å²) >= 11 is 0. The highest BCUT2D eigenvalue weighted by Crippen LogP contribution is 2.85. The van der Waals surface area contributed by atoms with E-state index in [-0.39, 0.29) is 27.1 Å². The molecule has 214 valence electrons. The molecular formula is C41H50. The molecule has 0 amide bonds. The smallest absolute Gasteiger partial charge is 0.0433 e. The first kappa shape index (κ1) is 26.3. The molecule has 0 aromatic carbocycles. The molecule has 8 aliphatic rings. The fourth-order valence-corrected chi connectivity index (χ4v) is 12.5. The summed E-state index contributed by atoms with van der Waals surface area (Å²) in [6.07, 6.45) is 0. The summed E-state index contributed by atoms with van der Waals surface area (Å²) in [5, 5.41) is 0. The van der Waals surface area contributed by atoms with E-state index >= 15 is 0 Å². The molecule has 1 spiro atoms. The average molecular weight is 543 g/mol. The Kier molecular flexibility index (Phi) is 4.23. The Labute approximate surface area is 249 Å². The minimum absolute atomic E-state index is 0.0498. The van der Waals surface area contributed by atoms with Crippen LogP contribution in [0.15, 0.2) is 100 Å². The van der Waals surface area contributed by atoms with Crippen LogP contribution in [0.3, 0.4) is 0 Å². The largest absolute Gasteiger partial charge is 0.0553 e. The molecule has 0 aliphatic heterocycles. The predicted octanol–water partition coefficient (Wildman–Crippen LogP) is 11.2. The molecule has 8 aliphatic carbocycles. The fourth-order valence-electron chi connectivity index (χ4n) is 12.5. The summed E-state index contributed by atoms with van der Waals surface area (Å²) in [7, 11) is 0. The highest BCUT2D eigenvalue weighted by Gasteiger charge is 2.76. The van der Waals surface area contributed by atoms with Crippen LogP contribution in [0, 0.1) is 38.9 Å². The Morgan fingerprint density at radius 1 is 0.341 bits per heavy atom. The van der Waals surface area contributed by atoms with Gasteiger partial charge in [-0.15, -0.1) is 0 Å². The van der Waals surface area contributed by atoms with Crippen molar-refractivity contribution in [3.63, 3.8) is 0 Å². The van der Waals surface area contributed by atoms with Crippen LogP contribution in [0.1, 0.15) is 111 Å². The van der Waals surface area contributed by atoms with E-state index < -0.39 is 0 Å². The van der Waals surface area contributed by atoms with Gasteiger partial charge >= 0.3 is 0 Å². The molecule has 1 fully saturated rings. The van der Waals surface area contributed by atoms with Gasteiger partial charge in [0.2, 0.25) is 0 Å². The van der Waals surface area contributed by atoms with E-state index in [9.17, 15) is 0 Å². The third-order valence-electron chi connectivity index (χ3n) is 15.4. The van der Waals surface area contributed by atoms with Crippen molar-refractivity contribution >= 4 is 0 Å². The van der Waals surface area contributed by atoms with Gasteiger partial charge < -0.3 is 0 Å². The van der Waals surface area contributed by atoms with Gasteiger partial charge in [0.1, 0.15) is 0 Å². The van der Waals surface area contributed by atoms with Crippen molar-refractivity contribution in [3.05, 3.63) is 100 Å². The number of hydrogen-bond donors (Lipinski definition) is 0. The Hall–Kier alpha value is -2.34. The van der Waals surface area contributed by atoms with Gasteiger partial charge in [-0.2, -0.15) is 0 Å². The Morgan fingerprint density at radius 3 is 1.37 bits per heavy atom. The molecule has 8 rings (SSSR count). The van der Waals surface area contributed by atoms with Crippen LogP contribution < -0.4 is 0 Å². The molecule has 1 saturated carbocycles. The van der Waals surface area contributed by atoms with Crippen LogP contribution in [-0.4, -0.2) is 0 Å². The van der Waals surface area contributed by atoms with E-state index in [4.69, 9.17) is 0 Å². The van der Waals surface area contributed by atoms with E-state index in [2.05, 4.69) is 111 Å². The second-order valence-corrected chi connectivity index (χ2v) is 17.1. The lowest BCUT2D eigenvalue weighted by atomic mass is 9.41. The predicted molar refractivity (Wildman–Crippen MR) is 173 cm³/mol. The molecule has 0 heterocycles. The minimum Gasteiger partial charge on any atom is -0.0553 e. The van der Waals surface area contributed by atoms with Crippen LogP contribution in [0.4, 0.5) is 0 Å². The molecule has 3 atom stereocenters. The molecule has 0 aromatic rings. The van der Waals surface area contributed by atoms with Crippen LogP contribution in [0.2, 0.25) is 0 Å². The zero-order chi connectivity index (χ0) is 30.0. The molecule has 1 unspecified atom stereocenters. The lowest BCUT2D eigenvalue weighted by Gasteiger charge is -2.60. The monoisotopic (exact) mass is 542 g/mol. The number of allylic oxidation sites excluding steroid dienone is 18. The van der Waals surface area contributed by atoms with Crippen LogP contribution in [0.25, 0.3) is 0 Å². The first-order chi connectivity index (χ1) is 18.8. The second kappa shape index (κ2) is 6.59. The molecule has 0 radical (unpaired) electrons. The first-order valence-electron chi connectivity index (χ1n) is 16.2. The SMILES string of the molecule is CC1=C(C)C2=C3C1=C(C)C1=C(C)C(C)=C4C(C)=C5C6=C(C(C)=C7[C@@H](C(=C2C)C(C)(C)C7(C)C)[C@]36C14)C(C)(C)C5(C)C. The Balaban J connectivity index is 1.73. The molecular weight excluding hydrogens is 492 g/mol. The maximum absolute atomic E-state index is 2.59. The molecule has 0 N–H and O–H groups in total. The van der Waals surface area contributed by atoms with Gasteiger partial charge in [0.25, 0.3) is 0 Å². The number of rotatable bonds is 0. The maximum Gasteiger partial charge on any atom is 0.0433 e. The van der Waals surface area contributed by atoms with Crippen molar-refractivity contribution in [2.45, 2.75) is 111 Å². The molecule has 0 heteroatoms. The summed E-state index contributed by atoms with van der Waals surface area (Å²) in [6, 6.07) is 0. The third kappa shape index (κ3) is 2.08. The van der Waals surface area contributed by atoms with Crippen molar-refractivity contribution in [1.29, 1.82) is 0 Å². The summed E-state index contributed by atoms with van der Waals surface area (Å²) in [5.41, 5.74) is 29.6. The van der Waals surface area contributed by atoms with Crippen molar-refractivity contribution in [2.75, 3.05) is 0 Å².